The molecule has 1 aromatic carbocycles. The van der Waals surface area contributed by atoms with Crippen molar-refractivity contribution in [2.24, 2.45) is 0 Å². The van der Waals surface area contributed by atoms with Gasteiger partial charge in [0.1, 0.15) is 12.1 Å². The van der Waals surface area contributed by atoms with Crippen molar-refractivity contribution in [1.82, 2.24) is 0 Å². The van der Waals surface area contributed by atoms with E-state index in [0.29, 0.717) is 12.2 Å². The van der Waals surface area contributed by atoms with E-state index in [9.17, 15) is 9.36 Å². The minimum absolute atomic E-state index is 0.0152. The van der Waals surface area contributed by atoms with Crippen LogP contribution in [0.2, 0.25) is 0 Å². The molecule has 0 aromatic heterocycles. The van der Waals surface area contributed by atoms with Gasteiger partial charge in [0.15, 0.2) is 13.3 Å². The quantitative estimate of drug-likeness (QED) is 0.704. The molecule has 0 saturated carbocycles. The Morgan fingerprint density at radius 3 is 2.57 bits per heavy atom. The van der Waals surface area contributed by atoms with Gasteiger partial charge in [0.25, 0.3) is 0 Å². The molecule has 1 unspecified atom stereocenters. The molecule has 3 nitrogen and oxygen atoms in total. The third-order valence-electron chi connectivity index (χ3n) is 1.75. The minimum Gasteiger partial charge on any atom is -0.486 e. The van der Waals surface area contributed by atoms with Gasteiger partial charge >= 0.3 is 0 Å². The molecular formula is C10H13O3P. The van der Waals surface area contributed by atoms with Crippen LogP contribution >= 0.6 is 7.80 Å². The molecular weight excluding hydrogens is 199 g/mol. The topological polar surface area (TPSA) is 43.4 Å². The van der Waals surface area contributed by atoms with Gasteiger partial charge in [-0.05, 0) is 12.1 Å². The lowest BCUT2D eigenvalue weighted by Crippen LogP contribution is -1.97. The van der Waals surface area contributed by atoms with Crippen molar-refractivity contribution in [3.05, 3.63) is 30.3 Å². The Bertz CT molecular complexity index is 321. The molecule has 0 bridgehead atoms. The zero-order valence-corrected chi connectivity index (χ0v) is 9.03. The predicted octanol–water partition coefficient (Wildman–Crippen LogP) is 2.52. The zero-order valence-electron chi connectivity index (χ0n) is 8.03. The van der Waals surface area contributed by atoms with Crippen LogP contribution in [0.15, 0.2) is 30.3 Å². The van der Waals surface area contributed by atoms with Crippen LogP contribution in [0.25, 0.3) is 0 Å². The molecule has 0 amide bonds. The maximum absolute atomic E-state index is 11.3. The number of carbonyl (C=O) groups is 1. The van der Waals surface area contributed by atoms with E-state index in [1.54, 1.807) is 19.1 Å². The second-order valence-electron chi connectivity index (χ2n) is 2.80. The highest BCUT2D eigenvalue weighted by atomic mass is 31.1. The molecule has 1 rings (SSSR count). The van der Waals surface area contributed by atoms with Gasteiger partial charge in [0.05, 0.1) is 0 Å². The molecule has 1 atom stereocenters. The molecule has 14 heavy (non-hydrogen) atoms. The van der Waals surface area contributed by atoms with Gasteiger partial charge in [-0.3, -0.25) is 4.79 Å². The Hall–Kier alpha value is -1.08. The van der Waals surface area contributed by atoms with Crippen LogP contribution in [0.4, 0.5) is 0 Å². The fourth-order valence-electron chi connectivity index (χ4n) is 0.943. The lowest BCUT2D eigenvalue weighted by molar-refractivity contribution is -0.111. The molecule has 0 aliphatic heterocycles. The van der Waals surface area contributed by atoms with Crippen LogP contribution in [0.1, 0.15) is 13.3 Å². The summed E-state index contributed by atoms with van der Waals surface area (Å²) in [7, 11) is -2.23. The van der Waals surface area contributed by atoms with Crippen molar-refractivity contribution in [3.8, 4) is 5.75 Å². The molecule has 76 valence electrons. The number of ether oxygens (including phenoxy) is 1. The fourth-order valence-corrected chi connectivity index (χ4v) is 1.80. The van der Waals surface area contributed by atoms with Crippen molar-refractivity contribution in [2.45, 2.75) is 13.3 Å². The Morgan fingerprint density at radius 2 is 2.00 bits per heavy atom. The van der Waals surface area contributed by atoms with Gasteiger partial charge in [-0.15, -0.1) is 0 Å². The first-order valence-electron chi connectivity index (χ1n) is 4.48. The summed E-state index contributed by atoms with van der Waals surface area (Å²) in [5.74, 6) is 0.648. The molecule has 0 aliphatic rings. The predicted molar refractivity (Wildman–Crippen MR) is 56.2 cm³/mol. The summed E-state index contributed by atoms with van der Waals surface area (Å²) in [5, 5.41) is 0. The average Bonchev–Trinajstić information content (AvgIpc) is 2.26. The Labute approximate surface area is 83.9 Å². The first-order chi connectivity index (χ1) is 6.74. The van der Waals surface area contributed by atoms with Crippen LogP contribution in [-0.2, 0) is 9.36 Å². The highest BCUT2D eigenvalue weighted by Crippen LogP contribution is 2.24. The second-order valence-corrected chi connectivity index (χ2v) is 4.49. The summed E-state index contributed by atoms with van der Waals surface area (Å²) in [6.07, 6.45) is 0.331. The van der Waals surface area contributed by atoms with E-state index in [4.69, 9.17) is 4.74 Å². The SMILES string of the molecule is CCC(=O)[PH](=O)COc1ccccc1. The molecule has 0 N–H and O–H groups in total. The summed E-state index contributed by atoms with van der Waals surface area (Å²) in [5.41, 5.74) is -0.203. The Kier molecular flexibility index (Phi) is 4.41. The summed E-state index contributed by atoms with van der Waals surface area (Å²) >= 11 is 0. The largest absolute Gasteiger partial charge is 0.486 e. The summed E-state index contributed by atoms with van der Waals surface area (Å²) in [6.45, 7) is 1.70. The number of para-hydroxylation sites is 1. The van der Waals surface area contributed by atoms with Gasteiger partial charge < -0.3 is 9.30 Å². The van der Waals surface area contributed by atoms with Crippen LogP contribution in [0.5, 0.6) is 5.75 Å². The van der Waals surface area contributed by atoms with Gasteiger partial charge in [0.2, 0.25) is 0 Å². The number of rotatable bonds is 5. The molecule has 0 aliphatic carbocycles. The highest BCUT2D eigenvalue weighted by Gasteiger charge is 2.08. The number of carbonyl (C=O) groups excluding carboxylic acids is 1. The van der Waals surface area contributed by atoms with Crippen molar-refractivity contribution in [2.75, 3.05) is 6.35 Å². The number of hydrogen-bond acceptors (Lipinski definition) is 3. The van der Waals surface area contributed by atoms with Gasteiger partial charge in [-0.2, -0.15) is 0 Å². The molecule has 0 fully saturated rings. The first kappa shape index (κ1) is 11.0. The Balaban J connectivity index is 2.42. The van der Waals surface area contributed by atoms with Crippen LogP contribution in [-0.4, -0.2) is 11.9 Å². The van der Waals surface area contributed by atoms with Gasteiger partial charge in [0, 0.05) is 6.42 Å². The third kappa shape index (κ3) is 3.35. The molecule has 0 heterocycles. The lowest BCUT2D eigenvalue weighted by Gasteiger charge is -2.04. The summed E-state index contributed by atoms with van der Waals surface area (Å²) in [4.78, 5) is 11.0. The zero-order chi connectivity index (χ0) is 10.4. The third-order valence-corrected chi connectivity index (χ3v) is 3.13. The highest BCUT2D eigenvalue weighted by molar-refractivity contribution is 7.63. The van der Waals surface area contributed by atoms with E-state index in [0.717, 1.165) is 0 Å². The van der Waals surface area contributed by atoms with Crippen LogP contribution in [0, 0.1) is 0 Å². The average molecular weight is 212 g/mol. The molecule has 0 saturated heterocycles. The van der Waals surface area contributed by atoms with E-state index in [1.165, 1.54) is 0 Å². The maximum Gasteiger partial charge on any atom is 0.191 e. The summed E-state index contributed by atoms with van der Waals surface area (Å²) < 4.78 is 16.5. The van der Waals surface area contributed by atoms with Gasteiger partial charge in [-0.1, -0.05) is 25.1 Å². The minimum atomic E-state index is -2.23. The monoisotopic (exact) mass is 212 g/mol. The molecule has 4 heteroatoms. The van der Waals surface area contributed by atoms with E-state index < -0.39 is 7.80 Å². The summed E-state index contributed by atoms with van der Waals surface area (Å²) in [6, 6.07) is 9.06. The van der Waals surface area contributed by atoms with Crippen molar-refractivity contribution >= 4 is 13.3 Å². The molecule has 1 aromatic rings. The Morgan fingerprint density at radius 1 is 1.36 bits per heavy atom. The lowest BCUT2D eigenvalue weighted by atomic mass is 10.3. The van der Waals surface area contributed by atoms with E-state index in [-0.39, 0.29) is 11.9 Å². The fraction of sp³-hybridized carbons (Fsp3) is 0.300. The van der Waals surface area contributed by atoms with Crippen LogP contribution < -0.4 is 4.74 Å². The first-order valence-corrected chi connectivity index (χ1v) is 6.09. The van der Waals surface area contributed by atoms with Crippen molar-refractivity contribution in [1.29, 1.82) is 0 Å². The molecule has 0 radical (unpaired) electrons. The number of benzene rings is 1. The normalized spacial score (nSPS) is 12.1. The maximum atomic E-state index is 11.3. The van der Waals surface area contributed by atoms with Crippen LogP contribution in [0.3, 0.4) is 0 Å². The van der Waals surface area contributed by atoms with Crippen molar-refractivity contribution < 1.29 is 14.1 Å². The number of hydrogen-bond donors (Lipinski definition) is 0. The van der Waals surface area contributed by atoms with E-state index >= 15 is 0 Å². The standard InChI is InChI=1S/C10H13O3P/c1-2-10(11)14(12)8-13-9-6-4-3-5-7-9/h3-7,14H,2,8H2,1H3. The van der Waals surface area contributed by atoms with E-state index in [2.05, 4.69) is 0 Å². The molecule has 0 spiro atoms. The smallest absolute Gasteiger partial charge is 0.191 e. The van der Waals surface area contributed by atoms with E-state index in [1.807, 2.05) is 18.2 Å². The van der Waals surface area contributed by atoms with Gasteiger partial charge in [-0.25, -0.2) is 0 Å². The second kappa shape index (κ2) is 5.61. The van der Waals surface area contributed by atoms with Crippen molar-refractivity contribution in [3.63, 3.8) is 0 Å².